The predicted molar refractivity (Wildman–Crippen MR) is 103 cm³/mol. The van der Waals surface area contributed by atoms with E-state index < -0.39 is 0 Å². The van der Waals surface area contributed by atoms with Gasteiger partial charge in [-0.15, -0.1) is 11.3 Å². The van der Waals surface area contributed by atoms with Crippen molar-refractivity contribution < 1.29 is 9.59 Å². The highest BCUT2D eigenvalue weighted by molar-refractivity contribution is 7.14. The molecule has 2 aromatic rings. The van der Waals surface area contributed by atoms with Crippen molar-refractivity contribution >= 4 is 40.0 Å². The Labute approximate surface area is 152 Å². The van der Waals surface area contributed by atoms with Crippen LogP contribution in [0.1, 0.15) is 38.8 Å². The van der Waals surface area contributed by atoms with Gasteiger partial charge in [-0.2, -0.15) is 0 Å². The van der Waals surface area contributed by atoms with Crippen LogP contribution in [0.5, 0.6) is 0 Å². The van der Waals surface area contributed by atoms with Crippen molar-refractivity contribution in [1.29, 1.82) is 0 Å². The zero-order valence-corrected chi connectivity index (χ0v) is 15.4. The van der Waals surface area contributed by atoms with Crippen LogP contribution in [0, 0.1) is 0 Å². The second-order valence-corrected chi connectivity index (χ2v) is 6.41. The summed E-state index contributed by atoms with van der Waals surface area (Å²) >= 11 is 1.37. The lowest BCUT2D eigenvalue weighted by atomic mass is 10.2. The largest absolute Gasteiger partial charge is 0.353 e. The number of amides is 2. The lowest BCUT2D eigenvalue weighted by Gasteiger charge is -2.17. The van der Waals surface area contributed by atoms with Gasteiger partial charge >= 0.3 is 0 Å². The maximum atomic E-state index is 12.0. The number of hydrogen-bond donors (Lipinski definition) is 1. The van der Waals surface area contributed by atoms with Gasteiger partial charge in [0, 0.05) is 24.9 Å². The number of aromatic nitrogens is 1. The van der Waals surface area contributed by atoms with E-state index in [4.69, 9.17) is 0 Å². The first-order chi connectivity index (χ1) is 12.1. The minimum atomic E-state index is -0.128. The molecule has 5 nitrogen and oxygen atoms in total. The maximum Gasteiger partial charge on any atom is 0.244 e. The van der Waals surface area contributed by atoms with E-state index >= 15 is 0 Å². The van der Waals surface area contributed by atoms with Gasteiger partial charge in [-0.3, -0.25) is 14.5 Å². The second kappa shape index (κ2) is 9.74. The van der Waals surface area contributed by atoms with E-state index in [-0.39, 0.29) is 11.8 Å². The van der Waals surface area contributed by atoms with Gasteiger partial charge in [-0.25, -0.2) is 4.98 Å². The van der Waals surface area contributed by atoms with E-state index in [1.165, 1.54) is 24.3 Å². The topological polar surface area (TPSA) is 62.3 Å². The van der Waals surface area contributed by atoms with Crippen molar-refractivity contribution in [3.8, 4) is 0 Å². The molecule has 1 aromatic carbocycles. The third-order valence-corrected chi connectivity index (χ3v) is 4.36. The first kappa shape index (κ1) is 18.9. The molecule has 0 spiro atoms. The van der Waals surface area contributed by atoms with Crippen LogP contribution < -0.4 is 10.2 Å². The summed E-state index contributed by atoms with van der Waals surface area (Å²) in [5.74, 6) is -0.234. The number of rotatable bonds is 8. The van der Waals surface area contributed by atoms with Crippen molar-refractivity contribution in [3.05, 3.63) is 47.5 Å². The Bertz CT molecular complexity index is 725. The summed E-state index contributed by atoms with van der Waals surface area (Å²) in [5.41, 5.74) is 1.43. The molecule has 0 atom stereocenters. The van der Waals surface area contributed by atoms with Gasteiger partial charge in [0.1, 0.15) is 0 Å². The van der Waals surface area contributed by atoms with Crippen LogP contribution in [-0.2, 0) is 9.59 Å². The van der Waals surface area contributed by atoms with Crippen molar-refractivity contribution in [2.75, 3.05) is 11.4 Å². The average molecular weight is 357 g/mol. The van der Waals surface area contributed by atoms with Crippen LogP contribution in [-0.4, -0.2) is 23.3 Å². The molecule has 0 aliphatic carbocycles. The second-order valence-electron chi connectivity index (χ2n) is 5.58. The number of nitrogens with one attached hydrogen (secondary N) is 1. The fraction of sp³-hybridized carbons (Fsp3) is 0.316. The minimum Gasteiger partial charge on any atom is -0.353 e. The van der Waals surface area contributed by atoms with Gasteiger partial charge in [0.25, 0.3) is 0 Å². The molecule has 0 saturated heterocycles. The quantitative estimate of drug-likeness (QED) is 0.570. The Hall–Kier alpha value is -2.47. The zero-order chi connectivity index (χ0) is 18.1. The van der Waals surface area contributed by atoms with E-state index in [0.717, 1.165) is 24.9 Å². The molecule has 25 heavy (non-hydrogen) atoms. The lowest BCUT2D eigenvalue weighted by Crippen LogP contribution is -2.22. The van der Waals surface area contributed by atoms with Gasteiger partial charge in [0.05, 0.1) is 11.4 Å². The Kier molecular flexibility index (Phi) is 7.35. The Morgan fingerprint density at radius 1 is 1.24 bits per heavy atom. The number of thiazole rings is 1. The molecular weight excluding hydrogens is 334 g/mol. The van der Waals surface area contributed by atoms with E-state index in [0.29, 0.717) is 17.4 Å². The van der Waals surface area contributed by atoms with Crippen LogP contribution in [0.15, 0.2) is 41.8 Å². The van der Waals surface area contributed by atoms with E-state index in [1.807, 2.05) is 35.7 Å². The molecule has 1 heterocycles. The Morgan fingerprint density at radius 3 is 2.68 bits per heavy atom. The smallest absolute Gasteiger partial charge is 0.244 e. The van der Waals surface area contributed by atoms with E-state index in [1.54, 1.807) is 11.0 Å². The molecule has 0 aliphatic rings. The van der Waals surface area contributed by atoms with Crippen LogP contribution in [0.4, 0.5) is 10.8 Å². The number of hydrogen-bond acceptors (Lipinski definition) is 4. The average Bonchev–Trinajstić information content (AvgIpc) is 3.06. The number of benzene rings is 1. The van der Waals surface area contributed by atoms with Crippen LogP contribution in [0.2, 0.25) is 0 Å². The predicted octanol–water partition coefficient (Wildman–Crippen LogP) is 4.15. The fourth-order valence-electron chi connectivity index (χ4n) is 2.27. The van der Waals surface area contributed by atoms with Crippen LogP contribution in [0.3, 0.4) is 0 Å². The summed E-state index contributed by atoms with van der Waals surface area (Å²) in [6.07, 6.45) is 6.37. The molecule has 0 aliphatic heterocycles. The van der Waals surface area contributed by atoms with Gasteiger partial charge in [0.2, 0.25) is 11.8 Å². The SMILES string of the molecule is CCCCCNC(=O)C=Cc1csc(N(C(C)=O)c2ccccc2)n1. The van der Waals surface area contributed by atoms with Gasteiger partial charge in [-0.05, 0) is 24.6 Å². The summed E-state index contributed by atoms with van der Waals surface area (Å²) in [7, 11) is 0. The van der Waals surface area contributed by atoms with E-state index in [9.17, 15) is 9.59 Å². The Balaban J connectivity index is 2.02. The molecule has 0 saturated carbocycles. The molecule has 0 fully saturated rings. The monoisotopic (exact) mass is 357 g/mol. The van der Waals surface area contributed by atoms with Gasteiger partial charge in [-0.1, -0.05) is 38.0 Å². The van der Waals surface area contributed by atoms with Crippen molar-refractivity contribution in [1.82, 2.24) is 10.3 Å². The number of carbonyl (C=O) groups excluding carboxylic acids is 2. The molecule has 6 heteroatoms. The molecule has 0 radical (unpaired) electrons. The summed E-state index contributed by atoms with van der Waals surface area (Å²) in [5, 5.41) is 5.26. The molecule has 1 aromatic heterocycles. The molecule has 2 amide bonds. The third kappa shape index (κ3) is 5.83. The summed E-state index contributed by atoms with van der Waals surface area (Å²) in [6, 6.07) is 9.38. The molecule has 132 valence electrons. The van der Waals surface area contributed by atoms with Crippen LogP contribution in [0.25, 0.3) is 6.08 Å². The standard InChI is InChI=1S/C19H23N3O2S/c1-3-4-8-13-20-18(24)12-11-16-14-25-19(21-16)22(15(2)23)17-9-6-5-7-10-17/h5-7,9-12,14H,3-4,8,13H2,1-2H3,(H,20,24). The first-order valence-electron chi connectivity index (χ1n) is 8.39. The molecule has 2 rings (SSSR count). The number of nitrogens with zero attached hydrogens (tertiary/aromatic N) is 2. The van der Waals surface area contributed by atoms with Gasteiger partial charge < -0.3 is 5.32 Å². The number of anilines is 2. The summed E-state index contributed by atoms with van der Waals surface area (Å²) < 4.78 is 0. The Morgan fingerprint density at radius 2 is 2.00 bits per heavy atom. The van der Waals surface area contributed by atoms with Gasteiger partial charge in [0.15, 0.2) is 5.13 Å². The fourth-order valence-corrected chi connectivity index (χ4v) is 3.12. The molecule has 1 N–H and O–H groups in total. The number of para-hydroxylation sites is 1. The minimum absolute atomic E-state index is 0.107. The summed E-state index contributed by atoms with van der Waals surface area (Å²) in [6.45, 7) is 4.32. The highest BCUT2D eigenvalue weighted by Gasteiger charge is 2.17. The van der Waals surface area contributed by atoms with E-state index in [2.05, 4.69) is 17.2 Å². The molecular formula is C19H23N3O2S. The highest BCUT2D eigenvalue weighted by atomic mass is 32.1. The number of carbonyl (C=O) groups is 2. The van der Waals surface area contributed by atoms with Crippen molar-refractivity contribution in [2.24, 2.45) is 0 Å². The lowest BCUT2D eigenvalue weighted by molar-refractivity contribution is -0.117. The first-order valence-corrected chi connectivity index (χ1v) is 9.27. The van der Waals surface area contributed by atoms with Crippen molar-refractivity contribution in [3.63, 3.8) is 0 Å². The number of unbranched alkanes of at least 4 members (excludes halogenated alkanes) is 2. The molecule has 0 unspecified atom stereocenters. The third-order valence-electron chi connectivity index (χ3n) is 3.52. The molecule has 0 bridgehead atoms. The summed E-state index contributed by atoms with van der Waals surface area (Å²) in [4.78, 5) is 29.8. The van der Waals surface area contributed by atoms with Crippen molar-refractivity contribution in [2.45, 2.75) is 33.1 Å². The highest BCUT2D eigenvalue weighted by Crippen LogP contribution is 2.28. The zero-order valence-electron chi connectivity index (χ0n) is 14.6. The normalized spacial score (nSPS) is 10.8. The maximum absolute atomic E-state index is 12.0. The van der Waals surface area contributed by atoms with Crippen LogP contribution >= 0.6 is 11.3 Å².